The van der Waals surface area contributed by atoms with Crippen LogP contribution in [-0.2, 0) is 11.3 Å². The Morgan fingerprint density at radius 1 is 1.39 bits per heavy atom. The average molecular weight is 318 g/mol. The molecule has 1 aromatic heterocycles. The summed E-state index contributed by atoms with van der Waals surface area (Å²) in [7, 11) is 3.31. The van der Waals surface area contributed by atoms with Crippen molar-refractivity contribution in [3.63, 3.8) is 0 Å². The van der Waals surface area contributed by atoms with E-state index < -0.39 is 5.63 Å². The minimum atomic E-state index is -0.478. The van der Waals surface area contributed by atoms with E-state index in [0.717, 1.165) is 30.7 Å². The normalized spacial score (nSPS) is 14.3. The standard InChI is InChI=1S/C16H19N3O4/c1-18(15(20)11-4-3-5-11)10-14-16(21)23-17-19(14)12-6-8-13(22-2)9-7-12/h6-9,11H,3-5,10H2,1-2H3/p+1. The first kappa shape index (κ1) is 15.3. The van der Waals surface area contributed by atoms with Crippen molar-refractivity contribution in [1.29, 1.82) is 0 Å². The maximum Gasteiger partial charge on any atom is 0.432 e. The summed E-state index contributed by atoms with van der Waals surface area (Å²) in [6.45, 7) is 0.202. The molecule has 0 atom stereocenters. The fourth-order valence-electron chi connectivity index (χ4n) is 2.64. The second kappa shape index (κ2) is 6.28. The second-order valence-electron chi connectivity index (χ2n) is 5.78. The van der Waals surface area contributed by atoms with Crippen molar-refractivity contribution in [2.24, 2.45) is 5.92 Å². The highest BCUT2D eigenvalue weighted by atomic mass is 16.5. The van der Waals surface area contributed by atoms with Gasteiger partial charge in [-0.15, -0.1) is 0 Å². The summed E-state index contributed by atoms with van der Waals surface area (Å²) in [6.07, 6.45) is 2.97. The van der Waals surface area contributed by atoms with Gasteiger partial charge in [0, 0.05) is 25.1 Å². The third-order valence-corrected chi connectivity index (χ3v) is 4.28. The minimum absolute atomic E-state index is 0.0816. The molecule has 1 fully saturated rings. The first-order valence-corrected chi connectivity index (χ1v) is 7.62. The molecule has 7 nitrogen and oxygen atoms in total. The van der Waals surface area contributed by atoms with E-state index in [4.69, 9.17) is 9.26 Å². The number of aromatic nitrogens is 2. The van der Waals surface area contributed by atoms with Crippen LogP contribution in [0.5, 0.6) is 5.75 Å². The van der Waals surface area contributed by atoms with Gasteiger partial charge in [-0.1, -0.05) is 6.42 Å². The van der Waals surface area contributed by atoms with E-state index in [0.29, 0.717) is 5.69 Å². The number of benzene rings is 1. The van der Waals surface area contributed by atoms with E-state index in [9.17, 15) is 9.59 Å². The van der Waals surface area contributed by atoms with Crippen molar-refractivity contribution < 1.29 is 18.7 Å². The highest BCUT2D eigenvalue weighted by molar-refractivity contribution is 5.79. The number of hydrogen-bond donors (Lipinski definition) is 1. The number of amides is 1. The first-order valence-electron chi connectivity index (χ1n) is 7.62. The lowest BCUT2D eigenvalue weighted by Gasteiger charge is -2.28. The lowest BCUT2D eigenvalue weighted by Crippen LogP contribution is -2.44. The van der Waals surface area contributed by atoms with Crippen molar-refractivity contribution in [2.45, 2.75) is 25.8 Å². The third-order valence-electron chi connectivity index (χ3n) is 4.28. The Bertz CT molecular complexity index is 743. The summed E-state index contributed by atoms with van der Waals surface area (Å²) in [4.78, 5) is 25.8. The molecule has 2 aromatic rings. The van der Waals surface area contributed by atoms with Gasteiger partial charge in [0.1, 0.15) is 12.3 Å². The molecular formula is C16H20N3O4+. The molecule has 1 aromatic carbocycles. The molecule has 0 spiro atoms. The van der Waals surface area contributed by atoms with E-state index >= 15 is 0 Å². The van der Waals surface area contributed by atoms with Crippen molar-refractivity contribution >= 4 is 5.91 Å². The molecule has 1 saturated carbocycles. The summed E-state index contributed by atoms with van der Waals surface area (Å²) in [5, 5.41) is 2.58. The molecule has 1 aliphatic carbocycles. The molecule has 1 aliphatic rings. The fourth-order valence-corrected chi connectivity index (χ4v) is 2.64. The molecule has 23 heavy (non-hydrogen) atoms. The molecular weight excluding hydrogens is 298 g/mol. The van der Waals surface area contributed by atoms with Gasteiger partial charge in [0.2, 0.25) is 11.6 Å². The lowest BCUT2D eigenvalue weighted by molar-refractivity contribution is -0.678. The zero-order chi connectivity index (χ0) is 16.4. The number of ether oxygens (including phenoxy) is 1. The molecule has 1 N–H and O–H groups in total. The Morgan fingerprint density at radius 2 is 2.09 bits per heavy atom. The molecule has 0 saturated heterocycles. The summed E-state index contributed by atoms with van der Waals surface area (Å²) in [5.74, 6) is 0.901. The van der Waals surface area contributed by atoms with Gasteiger partial charge in [-0.05, 0) is 34.9 Å². The second-order valence-corrected chi connectivity index (χ2v) is 5.78. The van der Waals surface area contributed by atoms with Crippen LogP contribution in [0.1, 0.15) is 25.0 Å². The van der Waals surface area contributed by atoms with Gasteiger partial charge >= 0.3 is 11.3 Å². The number of nitrogens with zero attached hydrogens (tertiary/aromatic N) is 2. The van der Waals surface area contributed by atoms with E-state index in [1.165, 1.54) is 0 Å². The molecule has 0 radical (unpaired) electrons. The Balaban J connectivity index is 1.83. The summed E-state index contributed by atoms with van der Waals surface area (Å²) in [6, 6.07) is 7.20. The van der Waals surface area contributed by atoms with E-state index in [2.05, 4.69) is 5.27 Å². The van der Waals surface area contributed by atoms with Gasteiger partial charge in [0.05, 0.1) is 7.11 Å². The monoisotopic (exact) mass is 318 g/mol. The number of carbonyl (C=O) groups excluding carboxylic acids is 1. The number of hydrogen-bond acceptors (Lipinski definition) is 4. The smallest absolute Gasteiger partial charge is 0.432 e. The topological polar surface area (TPSA) is 79.4 Å². The number of methoxy groups -OCH3 is 1. The molecule has 122 valence electrons. The highest BCUT2D eigenvalue weighted by Gasteiger charge is 2.31. The zero-order valence-corrected chi connectivity index (χ0v) is 13.2. The number of rotatable bonds is 5. The van der Waals surface area contributed by atoms with Crippen LogP contribution in [0.2, 0.25) is 0 Å². The van der Waals surface area contributed by atoms with E-state index in [-0.39, 0.29) is 18.4 Å². The van der Waals surface area contributed by atoms with Gasteiger partial charge in [0.15, 0.2) is 0 Å². The maximum absolute atomic E-state index is 12.3. The lowest BCUT2D eigenvalue weighted by atomic mass is 9.84. The van der Waals surface area contributed by atoms with Crippen LogP contribution in [0.15, 0.2) is 33.6 Å². The van der Waals surface area contributed by atoms with Gasteiger partial charge in [-0.25, -0.2) is 4.79 Å². The Morgan fingerprint density at radius 3 is 2.65 bits per heavy atom. The molecule has 1 heterocycles. The van der Waals surface area contributed by atoms with Gasteiger partial charge in [-0.2, -0.15) is 0 Å². The third kappa shape index (κ3) is 2.99. The predicted octanol–water partition coefficient (Wildman–Crippen LogP) is 1.01. The van der Waals surface area contributed by atoms with Crippen LogP contribution in [0, 0.1) is 5.92 Å². The van der Waals surface area contributed by atoms with Crippen molar-refractivity contribution in [3.8, 4) is 11.4 Å². The van der Waals surface area contributed by atoms with Crippen LogP contribution in [0.3, 0.4) is 0 Å². The number of carbonyl (C=O) groups is 1. The maximum atomic E-state index is 12.3. The zero-order valence-electron chi connectivity index (χ0n) is 13.2. The molecule has 7 heteroatoms. The number of nitrogens with one attached hydrogen (secondary N) is 1. The first-order chi connectivity index (χ1) is 11.1. The van der Waals surface area contributed by atoms with Crippen LogP contribution in [0.4, 0.5) is 0 Å². The van der Waals surface area contributed by atoms with Gasteiger partial charge in [0.25, 0.3) is 0 Å². The molecule has 0 unspecified atom stereocenters. The largest absolute Gasteiger partial charge is 0.497 e. The Kier molecular flexibility index (Phi) is 4.18. The van der Waals surface area contributed by atoms with Crippen molar-refractivity contribution in [2.75, 3.05) is 14.2 Å². The summed E-state index contributed by atoms with van der Waals surface area (Å²) < 4.78 is 11.6. The fraction of sp³-hybridized carbons (Fsp3) is 0.438. The highest BCUT2D eigenvalue weighted by Crippen LogP contribution is 2.28. The Labute approximate surface area is 133 Å². The van der Waals surface area contributed by atoms with Crippen LogP contribution in [0.25, 0.3) is 5.69 Å². The van der Waals surface area contributed by atoms with E-state index in [1.807, 2.05) is 12.1 Å². The molecule has 3 rings (SSSR count). The van der Waals surface area contributed by atoms with E-state index in [1.54, 1.807) is 35.9 Å². The summed E-state index contributed by atoms with van der Waals surface area (Å²) in [5.41, 5.74) is 0.635. The average Bonchev–Trinajstić information content (AvgIpc) is 2.86. The Hall–Kier alpha value is -2.57. The quantitative estimate of drug-likeness (QED) is 0.835. The molecule has 0 bridgehead atoms. The molecule has 1 amide bonds. The van der Waals surface area contributed by atoms with Crippen LogP contribution in [-0.4, -0.2) is 30.2 Å². The predicted molar refractivity (Wildman–Crippen MR) is 81.2 cm³/mol. The van der Waals surface area contributed by atoms with Gasteiger partial charge < -0.3 is 9.64 Å². The van der Waals surface area contributed by atoms with Gasteiger partial charge in [-0.3, -0.25) is 9.32 Å². The number of H-pyrrole nitrogens is 1. The van der Waals surface area contributed by atoms with Crippen LogP contribution < -0.4 is 15.0 Å². The number of aromatic amines is 1. The minimum Gasteiger partial charge on any atom is -0.497 e. The van der Waals surface area contributed by atoms with Crippen LogP contribution >= 0.6 is 0 Å². The molecule has 0 aliphatic heterocycles. The van der Waals surface area contributed by atoms with Crippen molar-refractivity contribution in [1.82, 2.24) is 10.2 Å². The SMILES string of the molecule is COc1ccc(-[n+]2[nH]oc(=O)c2CN(C)C(=O)C2CCC2)cc1. The van der Waals surface area contributed by atoms with Crippen molar-refractivity contribution in [3.05, 3.63) is 40.4 Å². The summed E-state index contributed by atoms with van der Waals surface area (Å²) >= 11 is 0.